The molecule has 1 aromatic rings. The van der Waals surface area contributed by atoms with Gasteiger partial charge >= 0.3 is 6.03 Å². The number of benzene rings is 1. The predicted octanol–water partition coefficient (Wildman–Crippen LogP) is 3.45. The minimum absolute atomic E-state index is 0.111. The fourth-order valence-electron chi connectivity index (χ4n) is 3.09. The van der Waals surface area contributed by atoms with Gasteiger partial charge in [0.2, 0.25) is 0 Å². The Hall–Kier alpha value is -2.01. The lowest BCUT2D eigenvalue weighted by Gasteiger charge is -2.35. The van der Waals surface area contributed by atoms with Gasteiger partial charge in [0.15, 0.2) is 0 Å². The van der Waals surface area contributed by atoms with Gasteiger partial charge in [-0.2, -0.15) is 0 Å². The van der Waals surface area contributed by atoms with Crippen molar-refractivity contribution in [2.75, 3.05) is 39.1 Å². The lowest BCUT2D eigenvalue weighted by atomic mass is 9.88. The van der Waals surface area contributed by atoms with Gasteiger partial charge in [-0.25, -0.2) is 4.79 Å². The van der Waals surface area contributed by atoms with Crippen LogP contribution in [0, 0.1) is 5.92 Å². The number of amides is 2. The molecule has 1 aromatic carbocycles. The third-order valence-corrected chi connectivity index (χ3v) is 5.12. The van der Waals surface area contributed by atoms with Crippen LogP contribution in [0.5, 0.6) is 5.75 Å². The Morgan fingerprint density at radius 2 is 2.21 bits per heavy atom. The maximum atomic E-state index is 12.5. The van der Waals surface area contributed by atoms with Crippen molar-refractivity contribution in [3.8, 4) is 5.75 Å². The molecule has 1 saturated heterocycles. The highest BCUT2D eigenvalue weighted by Gasteiger charge is 2.39. The van der Waals surface area contributed by atoms with E-state index in [9.17, 15) is 4.79 Å². The quantitative estimate of drug-likeness (QED) is 0.812. The van der Waals surface area contributed by atoms with Gasteiger partial charge in [0.05, 0.1) is 5.69 Å². The molecule has 1 aliphatic heterocycles. The molecule has 24 heavy (non-hydrogen) atoms. The largest absolute Gasteiger partial charge is 0.487 e. The normalized spacial score (nSPS) is 19.8. The number of likely N-dealkylation sites (tertiary alicyclic amines) is 1. The van der Waals surface area contributed by atoms with E-state index in [4.69, 9.17) is 4.74 Å². The monoisotopic (exact) mass is 331 g/mol. The molecule has 0 bridgehead atoms. The van der Waals surface area contributed by atoms with Crippen LogP contribution in [0.4, 0.5) is 10.5 Å². The number of hydrogen-bond donors (Lipinski definition) is 1. The van der Waals surface area contributed by atoms with Crippen LogP contribution in [0.1, 0.15) is 20.3 Å². The number of rotatable bonds is 6. The van der Waals surface area contributed by atoms with Gasteiger partial charge in [-0.05, 0) is 51.9 Å². The molecule has 5 heteroatoms. The van der Waals surface area contributed by atoms with Gasteiger partial charge in [-0.15, -0.1) is 0 Å². The summed E-state index contributed by atoms with van der Waals surface area (Å²) < 4.78 is 5.59. The lowest BCUT2D eigenvalue weighted by molar-refractivity contribution is 0.148. The SMILES string of the molecule is C=CCOc1ccccc1NC(=O)N(C)C[C@@H]1CCN(C)C1(C)C. The van der Waals surface area contributed by atoms with Crippen molar-refractivity contribution in [1.82, 2.24) is 9.80 Å². The smallest absolute Gasteiger partial charge is 0.321 e. The summed E-state index contributed by atoms with van der Waals surface area (Å²) in [6.45, 7) is 10.4. The van der Waals surface area contributed by atoms with E-state index in [0.717, 1.165) is 19.5 Å². The number of nitrogens with one attached hydrogen (secondary N) is 1. The Morgan fingerprint density at radius 1 is 1.50 bits per heavy atom. The molecule has 1 N–H and O–H groups in total. The van der Waals surface area contributed by atoms with Crippen molar-refractivity contribution >= 4 is 11.7 Å². The minimum Gasteiger partial charge on any atom is -0.487 e. The van der Waals surface area contributed by atoms with E-state index in [1.807, 2.05) is 31.3 Å². The number of anilines is 1. The first-order valence-electron chi connectivity index (χ1n) is 8.42. The van der Waals surface area contributed by atoms with Crippen molar-refractivity contribution < 1.29 is 9.53 Å². The number of hydrogen-bond acceptors (Lipinski definition) is 3. The van der Waals surface area contributed by atoms with Crippen molar-refractivity contribution in [2.24, 2.45) is 5.92 Å². The van der Waals surface area contributed by atoms with Crippen LogP contribution >= 0.6 is 0 Å². The van der Waals surface area contributed by atoms with Gasteiger partial charge in [0, 0.05) is 19.1 Å². The zero-order valence-corrected chi connectivity index (χ0v) is 15.2. The van der Waals surface area contributed by atoms with Crippen molar-refractivity contribution in [2.45, 2.75) is 25.8 Å². The van der Waals surface area contributed by atoms with Gasteiger partial charge in [0.25, 0.3) is 0 Å². The van der Waals surface area contributed by atoms with Gasteiger partial charge in [0.1, 0.15) is 12.4 Å². The second-order valence-electron chi connectivity index (χ2n) is 6.97. The summed E-state index contributed by atoms with van der Waals surface area (Å²) in [5, 5.41) is 2.95. The number of para-hydroxylation sites is 2. The van der Waals surface area contributed by atoms with Gasteiger partial charge in [-0.1, -0.05) is 24.8 Å². The lowest BCUT2D eigenvalue weighted by Crippen LogP contribution is -2.45. The summed E-state index contributed by atoms with van der Waals surface area (Å²) >= 11 is 0. The topological polar surface area (TPSA) is 44.8 Å². The Morgan fingerprint density at radius 3 is 2.83 bits per heavy atom. The molecule has 132 valence electrons. The molecule has 0 radical (unpaired) electrons. The fraction of sp³-hybridized carbons (Fsp3) is 0.526. The van der Waals surface area contributed by atoms with Crippen LogP contribution in [-0.4, -0.2) is 55.2 Å². The van der Waals surface area contributed by atoms with Crippen molar-refractivity contribution in [1.29, 1.82) is 0 Å². The van der Waals surface area contributed by atoms with E-state index in [0.29, 0.717) is 24.0 Å². The van der Waals surface area contributed by atoms with Gasteiger partial charge in [-0.3, -0.25) is 0 Å². The van der Waals surface area contributed by atoms with Crippen LogP contribution in [0.2, 0.25) is 0 Å². The highest BCUT2D eigenvalue weighted by molar-refractivity contribution is 5.90. The van der Waals surface area contributed by atoms with Crippen molar-refractivity contribution in [3.05, 3.63) is 36.9 Å². The molecular formula is C19H29N3O2. The molecule has 1 aliphatic rings. The maximum absolute atomic E-state index is 12.5. The van der Waals surface area contributed by atoms with Gasteiger partial charge < -0.3 is 19.9 Å². The number of ether oxygens (including phenoxy) is 1. The second-order valence-corrected chi connectivity index (χ2v) is 6.97. The average Bonchev–Trinajstić information content (AvgIpc) is 2.80. The Balaban J connectivity index is 1.98. The summed E-state index contributed by atoms with van der Waals surface area (Å²) in [7, 11) is 3.99. The molecule has 0 aromatic heterocycles. The highest BCUT2D eigenvalue weighted by Crippen LogP contribution is 2.33. The van der Waals surface area contributed by atoms with E-state index >= 15 is 0 Å². The maximum Gasteiger partial charge on any atom is 0.321 e. The number of nitrogens with zero attached hydrogens (tertiary/aromatic N) is 2. The second kappa shape index (κ2) is 7.71. The molecular weight excluding hydrogens is 302 g/mol. The molecule has 1 atom stereocenters. The molecule has 1 fully saturated rings. The standard InChI is InChI=1S/C19H29N3O2/c1-6-13-24-17-10-8-7-9-16(17)20-18(23)21(4)14-15-11-12-22(5)19(15,2)3/h6-10,15H,1,11-14H2,2-5H3,(H,20,23)/t15-/m0/s1. The highest BCUT2D eigenvalue weighted by atomic mass is 16.5. The molecule has 2 rings (SSSR count). The number of carbonyl (C=O) groups excluding carboxylic acids is 1. The first-order valence-corrected chi connectivity index (χ1v) is 8.42. The van der Waals surface area contributed by atoms with E-state index < -0.39 is 0 Å². The molecule has 2 amide bonds. The fourth-order valence-corrected chi connectivity index (χ4v) is 3.09. The zero-order chi connectivity index (χ0) is 17.7. The Kier molecular flexibility index (Phi) is 5.89. The molecule has 0 unspecified atom stereocenters. The average molecular weight is 331 g/mol. The van der Waals surface area contributed by atoms with E-state index in [2.05, 4.69) is 37.7 Å². The first-order chi connectivity index (χ1) is 11.4. The molecule has 1 heterocycles. The summed E-state index contributed by atoms with van der Waals surface area (Å²) in [5.74, 6) is 1.12. The molecule has 0 saturated carbocycles. The Labute approximate surface area is 145 Å². The van der Waals surface area contributed by atoms with E-state index in [1.54, 1.807) is 11.0 Å². The summed E-state index contributed by atoms with van der Waals surface area (Å²) in [6.07, 6.45) is 2.80. The van der Waals surface area contributed by atoms with Crippen LogP contribution in [0.15, 0.2) is 36.9 Å². The third kappa shape index (κ3) is 4.09. The zero-order valence-electron chi connectivity index (χ0n) is 15.2. The summed E-state index contributed by atoms with van der Waals surface area (Å²) in [6, 6.07) is 7.33. The van der Waals surface area contributed by atoms with Crippen LogP contribution in [-0.2, 0) is 0 Å². The van der Waals surface area contributed by atoms with Crippen LogP contribution in [0.25, 0.3) is 0 Å². The third-order valence-electron chi connectivity index (χ3n) is 5.12. The van der Waals surface area contributed by atoms with Crippen LogP contribution < -0.4 is 10.1 Å². The molecule has 5 nitrogen and oxygen atoms in total. The van der Waals surface area contributed by atoms with E-state index in [1.165, 1.54) is 0 Å². The number of carbonyl (C=O) groups is 1. The number of urea groups is 1. The minimum atomic E-state index is -0.116. The van der Waals surface area contributed by atoms with Crippen molar-refractivity contribution in [3.63, 3.8) is 0 Å². The van der Waals surface area contributed by atoms with Crippen LogP contribution in [0.3, 0.4) is 0 Å². The Bertz CT molecular complexity index is 586. The first kappa shape index (κ1) is 18.3. The molecule has 0 aliphatic carbocycles. The summed E-state index contributed by atoms with van der Waals surface area (Å²) in [5.41, 5.74) is 0.790. The van der Waals surface area contributed by atoms with E-state index in [-0.39, 0.29) is 11.6 Å². The summed E-state index contributed by atoms with van der Waals surface area (Å²) in [4.78, 5) is 16.7. The molecule has 0 spiro atoms. The predicted molar refractivity (Wildman–Crippen MR) is 98.6 cm³/mol.